The molecule has 2 aromatic carbocycles. The topological polar surface area (TPSA) is 50.2 Å². The molecule has 4 rings (SSSR count). The molecule has 0 unspecified atom stereocenters. The molecule has 1 aliphatic rings. The minimum atomic E-state index is 0.0481. The van der Waals surface area contributed by atoms with Crippen molar-refractivity contribution in [3.63, 3.8) is 0 Å². The molecule has 29 heavy (non-hydrogen) atoms. The van der Waals surface area contributed by atoms with Crippen LogP contribution in [0.2, 0.25) is 0 Å². The average molecular weight is 389 g/mol. The molecule has 0 saturated carbocycles. The highest BCUT2D eigenvalue weighted by atomic mass is 16.1. The van der Waals surface area contributed by atoms with Gasteiger partial charge in [0.25, 0.3) is 0 Å². The molecule has 3 aromatic rings. The van der Waals surface area contributed by atoms with Crippen molar-refractivity contribution < 1.29 is 4.79 Å². The Bertz CT molecular complexity index is 965. The number of benzene rings is 2. The zero-order chi connectivity index (χ0) is 20.2. The van der Waals surface area contributed by atoms with Crippen molar-refractivity contribution in [1.82, 2.24) is 14.7 Å². The summed E-state index contributed by atoms with van der Waals surface area (Å²) in [5.74, 6) is 0.625. The highest BCUT2D eigenvalue weighted by molar-refractivity contribution is 5.92. The van der Waals surface area contributed by atoms with E-state index in [0.29, 0.717) is 12.3 Å². The van der Waals surface area contributed by atoms with Crippen LogP contribution in [0.15, 0.2) is 60.7 Å². The van der Waals surface area contributed by atoms with Crippen LogP contribution in [0.4, 0.5) is 5.69 Å². The van der Waals surface area contributed by atoms with E-state index in [1.807, 2.05) is 48.9 Å². The number of likely N-dealkylation sites (tertiary alicyclic amines) is 1. The van der Waals surface area contributed by atoms with E-state index in [-0.39, 0.29) is 5.91 Å². The number of amides is 1. The molecule has 0 aliphatic carbocycles. The molecule has 2 heterocycles. The van der Waals surface area contributed by atoms with Gasteiger partial charge in [0, 0.05) is 19.5 Å². The minimum absolute atomic E-state index is 0.0481. The quantitative estimate of drug-likeness (QED) is 0.685. The lowest BCUT2D eigenvalue weighted by atomic mass is 9.99. The van der Waals surface area contributed by atoms with E-state index >= 15 is 0 Å². The smallest absolute Gasteiger partial charge is 0.225 e. The van der Waals surface area contributed by atoms with Crippen LogP contribution in [-0.4, -0.2) is 40.2 Å². The summed E-state index contributed by atoms with van der Waals surface area (Å²) in [4.78, 5) is 15.0. The second kappa shape index (κ2) is 8.62. The number of hydrogen-bond donors (Lipinski definition) is 1. The van der Waals surface area contributed by atoms with Crippen LogP contribution in [0.25, 0.3) is 5.69 Å². The molecule has 1 N–H and O–H groups in total. The zero-order valence-corrected chi connectivity index (χ0v) is 17.1. The maximum Gasteiger partial charge on any atom is 0.225 e. The van der Waals surface area contributed by atoms with Crippen LogP contribution < -0.4 is 5.32 Å². The molecule has 0 radical (unpaired) electrons. The Hall–Kier alpha value is -2.92. The molecule has 1 aliphatic heterocycles. The normalized spacial score (nSPS) is 16.8. The summed E-state index contributed by atoms with van der Waals surface area (Å²) in [6.07, 6.45) is 1.66. The largest absolute Gasteiger partial charge is 0.323 e. The maximum atomic E-state index is 12.6. The Morgan fingerprint density at radius 1 is 1.07 bits per heavy atom. The summed E-state index contributed by atoms with van der Waals surface area (Å²) < 4.78 is 1.88. The molecule has 5 nitrogen and oxygen atoms in total. The summed E-state index contributed by atoms with van der Waals surface area (Å²) in [5, 5.41) is 7.69. The van der Waals surface area contributed by atoms with Gasteiger partial charge in [0.2, 0.25) is 5.91 Å². The van der Waals surface area contributed by atoms with Crippen LogP contribution in [-0.2, 0) is 4.79 Å². The van der Waals surface area contributed by atoms with Gasteiger partial charge in [-0.2, -0.15) is 5.10 Å². The lowest BCUT2D eigenvalue weighted by molar-refractivity contribution is -0.116. The summed E-state index contributed by atoms with van der Waals surface area (Å²) >= 11 is 0. The molecular weight excluding hydrogens is 360 g/mol. The van der Waals surface area contributed by atoms with Crippen LogP contribution in [0.3, 0.4) is 0 Å². The third-order valence-corrected chi connectivity index (χ3v) is 5.75. The molecule has 1 atom stereocenters. The highest BCUT2D eigenvalue weighted by Crippen LogP contribution is 2.27. The average Bonchev–Trinajstić information content (AvgIpc) is 3.34. The van der Waals surface area contributed by atoms with Crippen LogP contribution in [0.5, 0.6) is 0 Å². The number of rotatable bonds is 6. The maximum absolute atomic E-state index is 12.6. The fraction of sp³-hybridized carbons (Fsp3) is 0.333. The van der Waals surface area contributed by atoms with Gasteiger partial charge < -0.3 is 10.2 Å². The standard InChI is InChI=1S/C24H28N4O/c1-18-24(19(2)28(26-18)22-11-7-4-8-12-22)25-23(29)14-16-27-15-13-21(17-27)20-9-5-3-6-10-20/h3-12,21H,13-17H2,1-2H3,(H,25,29)/t21-/m1/s1. The first kappa shape index (κ1) is 19.4. The van der Waals surface area contributed by atoms with E-state index in [2.05, 4.69) is 45.6 Å². The van der Waals surface area contributed by atoms with Gasteiger partial charge in [0.15, 0.2) is 0 Å². The number of nitrogens with one attached hydrogen (secondary N) is 1. The Labute approximate surface area is 172 Å². The third-order valence-electron chi connectivity index (χ3n) is 5.75. The predicted octanol–water partition coefficient (Wildman–Crippen LogP) is 4.31. The van der Waals surface area contributed by atoms with Crippen molar-refractivity contribution >= 4 is 11.6 Å². The Morgan fingerprint density at radius 3 is 2.48 bits per heavy atom. The molecule has 0 spiro atoms. The van der Waals surface area contributed by atoms with Gasteiger partial charge in [-0.15, -0.1) is 0 Å². The first-order valence-electron chi connectivity index (χ1n) is 10.3. The van der Waals surface area contributed by atoms with Crippen LogP contribution in [0.1, 0.15) is 35.7 Å². The number of aromatic nitrogens is 2. The SMILES string of the molecule is Cc1nn(-c2ccccc2)c(C)c1NC(=O)CCN1CC[C@@H](c2ccccc2)C1. The summed E-state index contributed by atoms with van der Waals surface area (Å²) in [7, 11) is 0. The van der Waals surface area contributed by atoms with Gasteiger partial charge in [-0.3, -0.25) is 4.79 Å². The van der Waals surface area contributed by atoms with Crippen molar-refractivity contribution in [3.05, 3.63) is 77.6 Å². The summed E-state index contributed by atoms with van der Waals surface area (Å²) in [6, 6.07) is 20.7. The fourth-order valence-electron chi connectivity index (χ4n) is 4.14. The molecule has 1 saturated heterocycles. The number of carbonyl (C=O) groups excluding carboxylic acids is 1. The lowest BCUT2D eigenvalue weighted by Crippen LogP contribution is -2.26. The van der Waals surface area contributed by atoms with Crippen molar-refractivity contribution in [1.29, 1.82) is 0 Å². The molecule has 0 bridgehead atoms. The zero-order valence-electron chi connectivity index (χ0n) is 17.1. The van der Waals surface area contributed by atoms with Crippen molar-refractivity contribution in [2.75, 3.05) is 25.0 Å². The van der Waals surface area contributed by atoms with E-state index in [1.54, 1.807) is 0 Å². The van der Waals surface area contributed by atoms with Gasteiger partial charge in [-0.25, -0.2) is 4.68 Å². The van der Waals surface area contributed by atoms with E-state index in [0.717, 1.165) is 48.8 Å². The molecule has 150 valence electrons. The van der Waals surface area contributed by atoms with Crippen molar-refractivity contribution in [3.8, 4) is 5.69 Å². The highest BCUT2D eigenvalue weighted by Gasteiger charge is 2.24. The second-order valence-electron chi connectivity index (χ2n) is 7.79. The number of para-hydroxylation sites is 1. The monoisotopic (exact) mass is 388 g/mol. The number of nitrogens with zero attached hydrogens (tertiary/aromatic N) is 3. The number of carbonyl (C=O) groups is 1. The first-order chi connectivity index (χ1) is 14.1. The van der Waals surface area contributed by atoms with E-state index in [1.165, 1.54) is 5.56 Å². The molecule has 1 aromatic heterocycles. The molecule has 5 heteroatoms. The molecular formula is C24H28N4O. The Kier molecular flexibility index (Phi) is 5.76. The van der Waals surface area contributed by atoms with Gasteiger partial charge >= 0.3 is 0 Å². The van der Waals surface area contributed by atoms with Gasteiger partial charge in [-0.05, 0) is 50.4 Å². The van der Waals surface area contributed by atoms with E-state index in [9.17, 15) is 4.79 Å². The van der Waals surface area contributed by atoms with Crippen molar-refractivity contribution in [2.24, 2.45) is 0 Å². The van der Waals surface area contributed by atoms with Gasteiger partial charge in [0.1, 0.15) is 0 Å². The molecule has 1 amide bonds. The lowest BCUT2D eigenvalue weighted by Gasteiger charge is -2.16. The van der Waals surface area contributed by atoms with Gasteiger partial charge in [0.05, 0.1) is 22.8 Å². The van der Waals surface area contributed by atoms with Crippen LogP contribution >= 0.6 is 0 Å². The molecule has 1 fully saturated rings. The number of aryl methyl sites for hydroxylation is 1. The second-order valence-corrected chi connectivity index (χ2v) is 7.79. The number of hydrogen-bond acceptors (Lipinski definition) is 3. The van der Waals surface area contributed by atoms with Crippen molar-refractivity contribution in [2.45, 2.75) is 32.6 Å². The third kappa shape index (κ3) is 4.40. The Morgan fingerprint density at radius 2 is 1.76 bits per heavy atom. The van der Waals surface area contributed by atoms with Gasteiger partial charge in [-0.1, -0.05) is 48.5 Å². The summed E-state index contributed by atoms with van der Waals surface area (Å²) in [6.45, 7) is 6.80. The number of anilines is 1. The fourth-order valence-corrected chi connectivity index (χ4v) is 4.14. The van der Waals surface area contributed by atoms with E-state index in [4.69, 9.17) is 0 Å². The first-order valence-corrected chi connectivity index (χ1v) is 10.3. The van der Waals surface area contributed by atoms with Crippen LogP contribution in [0, 0.1) is 13.8 Å². The summed E-state index contributed by atoms with van der Waals surface area (Å²) in [5.41, 5.74) is 5.01. The van der Waals surface area contributed by atoms with E-state index < -0.39 is 0 Å². The Balaban J connectivity index is 1.33. The predicted molar refractivity (Wildman–Crippen MR) is 117 cm³/mol. The minimum Gasteiger partial charge on any atom is -0.323 e.